The molecule has 1 fully saturated rings. The molecule has 0 bridgehead atoms. The minimum Gasteiger partial charge on any atom is -0.396 e. The Labute approximate surface area is 121 Å². The van der Waals surface area contributed by atoms with Gasteiger partial charge in [-0.2, -0.15) is 0 Å². The zero-order valence-electron chi connectivity index (χ0n) is 10.4. The van der Waals surface area contributed by atoms with E-state index in [0.29, 0.717) is 25.4 Å². The summed E-state index contributed by atoms with van der Waals surface area (Å²) in [4.78, 5) is 14.1. The van der Waals surface area contributed by atoms with Crippen molar-refractivity contribution in [2.75, 3.05) is 19.7 Å². The Kier molecular flexibility index (Phi) is 4.96. The third kappa shape index (κ3) is 3.55. The monoisotopic (exact) mass is 303 g/mol. The topological polar surface area (TPSA) is 66.3 Å². The number of halogens is 2. The van der Waals surface area contributed by atoms with E-state index in [-0.39, 0.29) is 28.4 Å². The van der Waals surface area contributed by atoms with Gasteiger partial charge in [-0.05, 0) is 31.2 Å². The largest absolute Gasteiger partial charge is 0.396 e. The van der Waals surface area contributed by atoms with Gasteiger partial charge in [0, 0.05) is 19.7 Å². The third-order valence-electron chi connectivity index (χ3n) is 3.29. The van der Waals surface area contributed by atoms with E-state index < -0.39 is 0 Å². The Morgan fingerprint density at radius 2 is 2.26 bits per heavy atom. The maximum atomic E-state index is 12.4. The number of likely N-dealkylation sites (tertiary alicyclic amines) is 1. The lowest BCUT2D eigenvalue weighted by Crippen LogP contribution is -2.40. The van der Waals surface area contributed by atoms with Crippen LogP contribution in [0.5, 0.6) is 0 Å². The van der Waals surface area contributed by atoms with E-state index in [4.69, 9.17) is 28.3 Å². The molecule has 1 aromatic heterocycles. The van der Waals surface area contributed by atoms with Crippen molar-refractivity contribution in [2.45, 2.75) is 19.3 Å². The van der Waals surface area contributed by atoms with Gasteiger partial charge in [0.2, 0.25) is 0 Å². The van der Waals surface area contributed by atoms with E-state index in [1.165, 1.54) is 6.07 Å². The molecule has 0 radical (unpaired) electrons. The minimum atomic E-state index is -0.176. The lowest BCUT2D eigenvalue weighted by molar-refractivity contribution is 0.0653. The smallest absolute Gasteiger partial charge is 0.257 e. The quantitative estimate of drug-likeness (QED) is 0.928. The summed E-state index contributed by atoms with van der Waals surface area (Å²) in [5.41, 5.74) is 0.284. The Morgan fingerprint density at radius 3 is 3.00 bits per heavy atom. The van der Waals surface area contributed by atoms with Gasteiger partial charge in [0.05, 0.1) is 5.56 Å². The van der Waals surface area contributed by atoms with Crippen LogP contribution < -0.4 is 0 Å². The summed E-state index contributed by atoms with van der Waals surface area (Å²) in [6.45, 7) is 1.47. The van der Waals surface area contributed by atoms with Crippen molar-refractivity contribution in [1.29, 1.82) is 0 Å². The van der Waals surface area contributed by atoms with E-state index >= 15 is 0 Å². The van der Waals surface area contributed by atoms with Gasteiger partial charge in [-0.1, -0.05) is 23.2 Å². The molecule has 1 amide bonds. The Bertz CT molecular complexity index is 468. The van der Waals surface area contributed by atoms with Gasteiger partial charge >= 0.3 is 0 Å². The predicted octanol–water partition coefficient (Wildman–Crippen LogP) is 2.02. The van der Waals surface area contributed by atoms with Gasteiger partial charge in [-0.15, -0.1) is 10.2 Å². The van der Waals surface area contributed by atoms with Crippen molar-refractivity contribution in [3.8, 4) is 0 Å². The Balaban J connectivity index is 2.12. The first kappa shape index (κ1) is 14.5. The first-order valence-corrected chi connectivity index (χ1v) is 6.96. The SMILES string of the molecule is O=C(c1cc(Cl)nnc1Cl)N1CCCC(CCO)C1. The molecular weight excluding hydrogens is 289 g/mol. The van der Waals surface area contributed by atoms with Gasteiger partial charge in [0.15, 0.2) is 10.3 Å². The lowest BCUT2D eigenvalue weighted by atomic mass is 9.95. The normalized spacial score (nSPS) is 19.5. The molecule has 1 aliphatic heterocycles. The second-order valence-corrected chi connectivity index (χ2v) is 5.39. The molecule has 1 N–H and O–H groups in total. The zero-order valence-corrected chi connectivity index (χ0v) is 11.9. The van der Waals surface area contributed by atoms with E-state index in [0.717, 1.165) is 12.8 Å². The molecule has 0 aromatic carbocycles. The van der Waals surface area contributed by atoms with Crippen LogP contribution in [-0.4, -0.2) is 45.8 Å². The van der Waals surface area contributed by atoms with E-state index in [9.17, 15) is 4.79 Å². The van der Waals surface area contributed by atoms with Crippen LogP contribution in [0.4, 0.5) is 0 Å². The molecule has 1 saturated heterocycles. The summed E-state index contributed by atoms with van der Waals surface area (Å²) in [5.74, 6) is 0.163. The summed E-state index contributed by atoms with van der Waals surface area (Å²) in [6.07, 6.45) is 2.68. The number of carbonyl (C=O) groups is 1. The fourth-order valence-corrected chi connectivity index (χ4v) is 2.66. The van der Waals surface area contributed by atoms with Crippen LogP contribution in [0, 0.1) is 5.92 Å². The Morgan fingerprint density at radius 1 is 1.47 bits per heavy atom. The first-order valence-electron chi connectivity index (χ1n) is 6.20. The summed E-state index contributed by atoms with van der Waals surface area (Å²) >= 11 is 11.6. The molecule has 1 aromatic rings. The Hall–Kier alpha value is -0.910. The molecule has 104 valence electrons. The van der Waals surface area contributed by atoms with Gasteiger partial charge in [-0.3, -0.25) is 4.79 Å². The van der Waals surface area contributed by atoms with Crippen LogP contribution in [0.25, 0.3) is 0 Å². The average molecular weight is 304 g/mol. The van der Waals surface area contributed by atoms with Gasteiger partial charge in [-0.25, -0.2) is 0 Å². The van der Waals surface area contributed by atoms with E-state index in [1.807, 2.05) is 0 Å². The average Bonchev–Trinajstić information content (AvgIpc) is 2.41. The molecule has 2 heterocycles. The van der Waals surface area contributed by atoms with Crippen molar-refractivity contribution in [2.24, 2.45) is 5.92 Å². The zero-order chi connectivity index (χ0) is 13.8. The van der Waals surface area contributed by atoms with Crippen LogP contribution in [0.1, 0.15) is 29.6 Å². The van der Waals surface area contributed by atoms with Gasteiger partial charge in [0.1, 0.15) is 0 Å². The van der Waals surface area contributed by atoms with Crippen molar-refractivity contribution >= 4 is 29.1 Å². The molecule has 19 heavy (non-hydrogen) atoms. The highest BCUT2D eigenvalue weighted by atomic mass is 35.5. The number of nitrogens with zero attached hydrogens (tertiary/aromatic N) is 3. The number of amides is 1. The lowest BCUT2D eigenvalue weighted by Gasteiger charge is -2.32. The number of piperidine rings is 1. The summed E-state index contributed by atoms with van der Waals surface area (Å²) in [5, 5.41) is 16.4. The number of rotatable bonds is 3. The van der Waals surface area contributed by atoms with Crippen molar-refractivity contribution in [3.05, 3.63) is 21.9 Å². The highest BCUT2D eigenvalue weighted by Gasteiger charge is 2.26. The molecule has 1 unspecified atom stereocenters. The summed E-state index contributed by atoms with van der Waals surface area (Å²) in [6, 6.07) is 1.44. The van der Waals surface area contributed by atoms with Crippen LogP contribution in [0.3, 0.4) is 0 Å². The fraction of sp³-hybridized carbons (Fsp3) is 0.583. The van der Waals surface area contributed by atoms with Gasteiger partial charge in [0.25, 0.3) is 5.91 Å². The molecule has 0 spiro atoms. The highest BCUT2D eigenvalue weighted by Crippen LogP contribution is 2.23. The molecule has 0 saturated carbocycles. The van der Waals surface area contributed by atoms with Crippen LogP contribution in [0.2, 0.25) is 10.3 Å². The molecule has 1 atom stereocenters. The maximum absolute atomic E-state index is 12.4. The third-order valence-corrected chi connectivity index (χ3v) is 3.76. The molecular formula is C12H15Cl2N3O2. The number of aliphatic hydroxyl groups excluding tert-OH is 1. The molecule has 5 nitrogen and oxygen atoms in total. The summed E-state index contributed by atoms with van der Waals surface area (Å²) in [7, 11) is 0. The maximum Gasteiger partial charge on any atom is 0.257 e. The van der Waals surface area contributed by atoms with Crippen molar-refractivity contribution in [3.63, 3.8) is 0 Å². The number of aliphatic hydroxyl groups is 1. The van der Waals surface area contributed by atoms with Crippen molar-refractivity contribution in [1.82, 2.24) is 15.1 Å². The minimum absolute atomic E-state index is 0.0682. The molecule has 2 rings (SSSR count). The highest BCUT2D eigenvalue weighted by molar-refractivity contribution is 6.34. The number of hydrogen-bond acceptors (Lipinski definition) is 4. The molecule has 1 aliphatic rings. The number of hydrogen-bond donors (Lipinski definition) is 1. The molecule has 0 aliphatic carbocycles. The van der Waals surface area contributed by atoms with Crippen LogP contribution in [-0.2, 0) is 0 Å². The standard InChI is InChI=1S/C12H15Cl2N3O2/c13-10-6-9(11(14)16-15-10)12(19)17-4-1-2-8(7-17)3-5-18/h6,8,18H,1-5,7H2. The number of aromatic nitrogens is 2. The van der Waals surface area contributed by atoms with E-state index in [2.05, 4.69) is 10.2 Å². The van der Waals surface area contributed by atoms with Crippen molar-refractivity contribution < 1.29 is 9.90 Å². The number of carbonyl (C=O) groups excluding carboxylic acids is 1. The van der Waals surface area contributed by atoms with E-state index in [1.54, 1.807) is 4.90 Å². The summed E-state index contributed by atoms with van der Waals surface area (Å²) < 4.78 is 0. The predicted molar refractivity (Wildman–Crippen MR) is 72.4 cm³/mol. The fourth-order valence-electron chi connectivity index (χ4n) is 2.34. The molecule has 7 heteroatoms. The van der Waals surface area contributed by atoms with Crippen LogP contribution >= 0.6 is 23.2 Å². The first-order chi connectivity index (χ1) is 9.11. The van der Waals surface area contributed by atoms with Crippen LogP contribution in [0.15, 0.2) is 6.07 Å². The second-order valence-electron chi connectivity index (χ2n) is 4.64. The second kappa shape index (κ2) is 6.50. The van der Waals surface area contributed by atoms with Gasteiger partial charge < -0.3 is 10.0 Å².